The van der Waals surface area contributed by atoms with Gasteiger partial charge in [-0.15, -0.1) is 0 Å². The van der Waals surface area contributed by atoms with Gasteiger partial charge in [0.15, 0.2) is 0 Å². The quantitative estimate of drug-likeness (QED) is 0.439. The summed E-state index contributed by atoms with van der Waals surface area (Å²) in [5.74, 6) is -0.0699. The van der Waals surface area contributed by atoms with Crippen molar-refractivity contribution in [2.45, 2.75) is 37.6 Å². The molecule has 3 aromatic carbocycles. The summed E-state index contributed by atoms with van der Waals surface area (Å²) in [6, 6.07) is 22.3. The SMILES string of the molecule is O=C1CC[C@H]([C@]2(Cc3ccc(Br)cc3)C(=O)N(Cc3ccc(F)cc3)c3ccccc32)C1. The maximum absolute atomic E-state index is 14.3. The van der Waals surface area contributed by atoms with Gasteiger partial charge in [-0.25, -0.2) is 4.39 Å². The lowest BCUT2D eigenvalue weighted by Crippen LogP contribution is -2.46. The number of ketones is 1. The fraction of sp³-hybridized carbons (Fsp3) is 0.259. The van der Waals surface area contributed by atoms with Crippen molar-refractivity contribution in [3.05, 3.63) is 99.8 Å². The molecule has 0 saturated heterocycles. The normalized spacial score (nSPS) is 22.4. The predicted molar refractivity (Wildman–Crippen MR) is 126 cm³/mol. The van der Waals surface area contributed by atoms with Gasteiger partial charge in [-0.1, -0.05) is 58.4 Å². The first-order valence-corrected chi connectivity index (χ1v) is 11.7. The second-order valence-electron chi connectivity index (χ2n) is 8.79. The van der Waals surface area contributed by atoms with Crippen molar-refractivity contribution in [3.63, 3.8) is 0 Å². The molecule has 2 aliphatic rings. The van der Waals surface area contributed by atoms with E-state index in [2.05, 4.69) is 15.9 Å². The topological polar surface area (TPSA) is 37.4 Å². The lowest BCUT2D eigenvalue weighted by atomic mass is 9.66. The van der Waals surface area contributed by atoms with Gasteiger partial charge < -0.3 is 4.90 Å². The summed E-state index contributed by atoms with van der Waals surface area (Å²) in [6.45, 7) is 0.374. The molecule has 0 unspecified atom stereocenters. The summed E-state index contributed by atoms with van der Waals surface area (Å²) in [6.07, 6.45) is 2.23. The van der Waals surface area contributed by atoms with Crippen LogP contribution < -0.4 is 4.90 Å². The molecular formula is C27H23BrFNO2. The molecule has 3 nitrogen and oxygen atoms in total. The Balaban J connectivity index is 1.61. The number of carbonyl (C=O) groups is 2. The van der Waals surface area contributed by atoms with E-state index in [-0.39, 0.29) is 23.4 Å². The van der Waals surface area contributed by atoms with Crippen molar-refractivity contribution >= 4 is 33.3 Å². The molecule has 1 heterocycles. The Morgan fingerprint density at radius 1 is 0.938 bits per heavy atom. The van der Waals surface area contributed by atoms with E-state index >= 15 is 0 Å². The molecule has 162 valence electrons. The average Bonchev–Trinajstić information content (AvgIpc) is 3.33. The molecule has 1 aliphatic heterocycles. The van der Waals surface area contributed by atoms with Crippen LogP contribution in [-0.4, -0.2) is 11.7 Å². The molecule has 1 amide bonds. The number of amides is 1. The van der Waals surface area contributed by atoms with E-state index in [1.54, 1.807) is 12.1 Å². The number of hydrogen-bond acceptors (Lipinski definition) is 2. The fourth-order valence-electron chi connectivity index (χ4n) is 5.35. The third kappa shape index (κ3) is 3.58. The highest BCUT2D eigenvalue weighted by molar-refractivity contribution is 9.10. The zero-order chi connectivity index (χ0) is 22.3. The Bertz CT molecular complexity index is 1180. The molecule has 1 saturated carbocycles. The Kier molecular flexibility index (Phi) is 5.46. The summed E-state index contributed by atoms with van der Waals surface area (Å²) in [7, 11) is 0. The second kappa shape index (κ2) is 8.28. The van der Waals surface area contributed by atoms with Crippen molar-refractivity contribution in [3.8, 4) is 0 Å². The average molecular weight is 492 g/mol. The first-order valence-electron chi connectivity index (χ1n) is 10.9. The van der Waals surface area contributed by atoms with Gasteiger partial charge in [-0.2, -0.15) is 0 Å². The molecule has 0 N–H and O–H groups in total. The van der Waals surface area contributed by atoms with Gasteiger partial charge in [0.2, 0.25) is 5.91 Å². The minimum atomic E-state index is -0.781. The maximum Gasteiger partial charge on any atom is 0.238 e. The van der Waals surface area contributed by atoms with E-state index in [1.807, 2.05) is 53.4 Å². The summed E-state index contributed by atoms with van der Waals surface area (Å²) >= 11 is 3.49. The molecule has 3 aromatic rings. The van der Waals surface area contributed by atoms with Crippen molar-refractivity contribution in [1.29, 1.82) is 0 Å². The van der Waals surface area contributed by atoms with Gasteiger partial charge in [0, 0.05) is 23.0 Å². The highest BCUT2D eigenvalue weighted by atomic mass is 79.9. The van der Waals surface area contributed by atoms with Gasteiger partial charge in [0.1, 0.15) is 11.6 Å². The summed E-state index contributed by atoms with van der Waals surface area (Å²) < 4.78 is 14.4. The number of benzene rings is 3. The van der Waals surface area contributed by atoms with Crippen LogP contribution in [-0.2, 0) is 28.0 Å². The second-order valence-corrected chi connectivity index (χ2v) is 9.70. The standard InChI is InChI=1S/C27H23BrFNO2/c28-21-10-5-18(6-11-21)16-27(20-9-14-23(31)15-20)24-3-1-2-4-25(24)30(26(27)32)17-19-7-12-22(29)13-8-19/h1-8,10-13,20H,9,14-17H2/t20-,27-/m0/s1. The molecule has 5 rings (SSSR count). The van der Waals surface area contributed by atoms with Gasteiger partial charge in [0.05, 0.1) is 12.0 Å². The number of halogens is 2. The van der Waals surface area contributed by atoms with Gasteiger partial charge in [0.25, 0.3) is 0 Å². The van der Waals surface area contributed by atoms with Crippen molar-refractivity contribution in [2.24, 2.45) is 5.92 Å². The van der Waals surface area contributed by atoms with E-state index in [0.29, 0.717) is 25.8 Å². The first-order chi connectivity index (χ1) is 15.5. The van der Waals surface area contributed by atoms with Gasteiger partial charge in [-0.05, 0) is 65.8 Å². The van der Waals surface area contributed by atoms with E-state index in [4.69, 9.17) is 0 Å². The van der Waals surface area contributed by atoms with Crippen LogP contribution in [0.2, 0.25) is 0 Å². The van der Waals surface area contributed by atoms with Crippen LogP contribution in [0, 0.1) is 11.7 Å². The van der Waals surface area contributed by atoms with Crippen LogP contribution in [0.25, 0.3) is 0 Å². The molecule has 32 heavy (non-hydrogen) atoms. The Labute approximate surface area is 195 Å². The molecule has 0 radical (unpaired) electrons. The van der Waals surface area contributed by atoms with Crippen molar-refractivity contribution in [2.75, 3.05) is 4.90 Å². The molecule has 0 spiro atoms. The minimum Gasteiger partial charge on any atom is -0.307 e. The van der Waals surface area contributed by atoms with Gasteiger partial charge >= 0.3 is 0 Å². The maximum atomic E-state index is 14.3. The van der Waals surface area contributed by atoms with Crippen LogP contribution in [0.1, 0.15) is 36.0 Å². The van der Waals surface area contributed by atoms with Crippen LogP contribution in [0.3, 0.4) is 0 Å². The number of fused-ring (bicyclic) bond motifs is 1. The summed E-state index contributed by atoms with van der Waals surface area (Å²) in [4.78, 5) is 28.4. The predicted octanol–water partition coefficient (Wildman–Crippen LogP) is 5.98. The lowest BCUT2D eigenvalue weighted by Gasteiger charge is -2.35. The third-order valence-corrected chi connectivity index (χ3v) is 7.42. The fourth-order valence-corrected chi connectivity index (χ4v) is 5.61. The number of hydrogen-bond donors (Lipinski definition) is 0. The lowest BCUT2D eigenvalue weighted by molar-refractivity contribution is -0.125. The molecule has 5 heteroatoms. The van der Waals surface area contributed by atoms with Crippen LogP contribution in [0.5, 0.6) is 0 Å². The monoisotopic (exact) mass is 491 g/mol. The van der Waals surface area contributed by atoms with E-state index in [0.717, 1.165) is 33.3 Å². The molecule has 1 aliphatic carbocycles. The zero-order valence-corrected chi connectivity index (χ0v) is 19.1. The summed E-state index contributed by atoms with van der Waals surface area (Å²) in [5, 5.41) is 0. The Hall–Kier alpha value is -2.79. The number of nitrogens with zero attached hydrogens (tertiary/aromatic N) is 1. The van der Waals surface area contributed by atoms with E-state index in [9.17, 15) is 14.0 Å². The van der Waals surface area contributed by atoms with Crippen LogP contribution in [0.15, 0.2) is 77.3 Å². The Morgan fingerprint density at radius 2 is 1.62 bits per heavy atom. The highest BCUT2D eigenvalue weighted by Gasteiger charge is 2.56. The number of anilines is 1. The number of carbonyl (C=O) groups excluding carboxylic acids is 2. The zero-order valence-electron chi connectivity index (χ0n) is 17.6. The van der Waals surface area contributed by atoms with E-state index < -0.39 is 5.41 Å². The molecular weight excluding hydrogens is 469 g/mol. The third-order valence-electron chi connectivity index (χ3n) is 6.90. The first kappa shape index (κ1) is 21.1. The molecule has 0 aromatic heterocycles. The smallest absolute Gasteiger partial charge is 0.238 e. The largest absolute Gasteiger partial charge is 0.307 e. The molecule has 0 bridgehead atoms. The summed E-state index contributed by atoms with van der Waals surface area (Å²) in [5.41, 5.74) is 3.04. The minimum absolute atomic E-state index is 0.0330. The van der Waals surface area contributed by atoms with Crippen molar-refractivity contribution < 1.29 is 14.0 Å². The van der Waals surface area contributed by atoms with Crippen LogP contribution >= 0.6 is 15.9 Å². The van der Waals surface area contributed by atoms with Crippen molar-refractivity contribution in [1.82, 2.24) is 0 Å². The number of Topliss-reactive ketones (excluding diaryl/α,β-unsaturated/α-hetero) is 1. The van der Waals surface area contributed by atoms with Crippen LogP contribution in [0.4, 0.5) is 10.1 Å². The van der Waals surface area contributed by atoms with Gasteiger partial charge in [-0.3, -0.25) is 9.59 Å². The number of rotatable bonds is 5. The van der Waals surface area contributed by atoms with E-state index in [1.165, 1.54) is 12.1 Å². The highest BCUT2D eigenvalue weighted by Crippen LogP contribution is 2.52. The molecule has 1 fully saturated rings. The number of para-hydroxylation sites is 1. The molecule has 2 atom stereocenters. The Morgan fingerprint density at radius 3 is 2.31 bits per heavy atom.